The third kappa shape index (κ3) is 3.23. The van der Waals surface area contributed by atoms with E-state index in [0.29, 0.717) is 5.02 Å². The van der Waals surface area contributed by atoms with E-state index in [0.717, 1.165) is 6.07 Å². The van der Waals surface area contributed by atoms with E-state index in [1.165, 1.54) is 24.4 Å². The summed E-state index contributed by atoms with van der Waals surface area (Å²) in [5.74, 6) is -0.292. The Bertz CT molecular complexity index is 691. The number of nitrogens with zero attached hydrogens (tertiary/aromatic N) is 2. The number of nitro groups is 1. The summed E-state index contributed by atoms with van der Waals surface area (Å²) in [7, 11) is 0. The Kier molecular flexibility index (Phi) is 4.16. The summed E-state index contributed by atoms with van der Waals surface area (Å²) in [4.78, 5) is 26.0. The Hall–Kier alpha value is -2.18. The van der Waals surface area contributed by atoms with Crippen LogP contribution in [0, 0.1) is 10.1 Å². The van der Waals surface area contributed by atoms with Crippen molar-refractivity contribution < 1.29 is 9.72 Å². The molecule has 1 aromatic carbocycles. The van der Waals surface area contributed by atoms with Crippen LogP contribution in [0.2, 0.25) is 10.0 Å². The normalized spacial score (nSPS) is 10.1. The first-order chi connectivity index (χ1) is 9.47. The zero-order chi connectivity index (χ0) is 14.7. The van der Waals surface area contributed by atoms with Crippen molar-refractivity contribution in [2.24, 2.45) is 0 Å². The lowest BCUT2D eigenvalue weighted by Gasteiger charge is -2.05. The van der Waals surface area contributed by atoms with E-state index in [1.54, 1.807) is 6.07 Å². The minimum Gasteiger partial charge on any atom is -0.307 e. The predicted molar refractivity (Wildman–Crippen MR) is 75.3 cm³/mol. The first-order valence-corrected chi connectivity index (χ1v) is 6.10. The van der Waals surface area contributed by atoms with E-state index in [-0.39, 0.29) is 22.1 Å². The second kappa shape index (κ2) is 5.85. The average Bonchev–Trinajstić information content (AvgIpc) is 2.38. The van der Waals surface area contributed by atoms with Crippen molar-refractivity contribution in [1.29, 1.82) is 0 Å². The molecule has 0 saturated carbocycles. The molecule has 20 heavy (non-hydrogen) atoms. The van der Waals surface area contributed by atoms with Crippen LogP contribution in [0.25, 0.3) is 0 Å². The Balaban J connectivity index is 2.26. The second-order valence-electron chi connectivity index (χ2n) is 3.74. The molecule has 0 spiro atoms. The van der Waals surface area contributed by atoms with Gasteiger partial charge in [-0.1, -0.05) is 23.2 Å². The molecule has 2 rings (SSSR count). The van der Waals surface area contributed by atoms with Gasteiger partial charge in [0.05, 0.1) is 4.92 Å². The van der Waals surface area contributed by atoms with Crippen molar-refractivity contribution in [3.05, 3.63) is 62.3 Å². The van der Waals surface area contributed by atoms with E-state index in [9.17, 15) is 14.9 Å². The molecular formula is C12H7Cl2N3O3. The maximum Gasteiger partial charge on any atom is 0.288 e. The van der Waals surface area contributed by atoms with Gasteiger partial charge < -0.3 is 5.32 Å². The quantitative estimate of drug-likeness (QED) is 0.693. The average molecular weight is 312 g/mol. The number of aromatic nitrogens is 1. The summed E-state index contributed by atoms with van der Waals surface area (Å²) < 4.78 is 0. The van der Waals surface area contributed by atoms with Crippen molar-refractivity contribution in [3.63, 3.8) is 0 Å². The fourth-order valence-electron chi connectivity index (χ4n) is 1.46. The number of carbonyl (C=O) groups excluding carboxylic acids is 1. The number of carbonyl (C=O) groups is 1. The first kappa shape index (κ1) is 14.2. The molecule has 0 radical (unpaired) electrons. The highest BCUT2D eigenvalue weighted by atomic mass is 35.5. The van der Waals surface area contributed by atoms with Gasteiger partial charge in [0.2, 0.25) is 0 Å². The fourth-order valence-corrected chi connectivity index (χ4v) is 1.80. The van der Waals surface area contributed by atoms with Gasteiger partial charge in [-0.3, -0.25) is 14.9 Å². The molecule has 8 heteroatoms. The monoisotopic (exact) mass is 311 g/mol. The van der Waals surface area contributed by atoms with Gasteiger partial charge in [-0.2, -0.15) is 0 Å². The molecule has 6 nitrogen and oxygen atoms in total. The van der Waals surface area contributed by atoms with E-state index >= 15 is 0 Å². The Morgan fingerprint density at radius 1 is 1.25 bits per heavy atom. The van der Waals surface area contributed by atoms with Crippen LogP contribution in [-0.2, 0) is 0 Å². The number of halogens is 2. The molecule has 2 aromatic rings. The van der Waals surface area contributed by atoms with E-state index in [2.05, 4.69) is 10.3 Å². The van der Waals surface area contributed by atoms with Crippen molar-refractivity contribution >= 4 is 40.6 Å². The molecule has 0 aliphatic rings. The van der Waals surface area contributed by atoms with Crippen LogP contribution in [0.1, 0.15) is 10.4 Å². The summed E-state index contributed by atoms with van der Waals surface area (Å²) in [5, 5.41) is 13.6. The number of amides is 1. The predicted octanol–water partition coefficient (Wildman–Crippen LogP) is 3.55. The van der Waals surface area contributed by atoms with Crippen LogP contribution < -0.4 is 5.32 Å². The number of benzene rings is 1. The number of pyridine rings is 1. The summed E-state index contributed by atoms with van der Waals surface area (Å²) in [6.45, 7) is 0. The second-order valence-corrected chi connectivity index (χ2v) is 4.58. The lowest BCUT2D eigenvalue weighted by Crippen LogP contribution is -2.13. The summed E-state index contributed by atoms with van der Waals surface area (Å²) >= 11 is 11.4. The van der Waals surface area contributed by atoms with Crippen molar-refractivity contribution in [1.82, 2.24) is 4.98 Å². The maximum atomic E-state index is 12.0. The third-order valence-corrected chi connectivity index (χ3v) is 2.92. The Labute approximate surface area is 123 Å². The first-order valence-electron chi connectivity index (χ1n) is 5.34. The molecule has 1 N–H and O–H groups in total. The van der Waals surface area contributed by atoms with Crippen molar-refractivity contribution in [2.75, 3.05) is 5.32 Å². The van der Waals surface area contributed by atoms with Crippen LogP contribution in [0.4, 0.5) is 11.5 Å². The molecule has 102 valence electrons. The zero-order valence-corrected chi connectivity index (χ0v) is 11.4. The minimum absolute atomic E-state index is 0.0348. The highest BCUT2D eigenvalue weighted by Gasteiger charge is 2.16. The number of rotatable bonds is 3. The highest BCUT2D eigenvalue weighted by Crippen LogP contribution is 2.25. The molecule has 1 aromatic heterocycles. The maximum absolute atomic E-state index is 12.0. The topological polar surface area (TPSA) is 85.1 Å². The largest absolute Gasteiger partial charge is 0.307 e. The van der Waals surface area contributed by atoms with Crippen molar-refractivity contribution in [2.45, 2.75) is 0 Å². The molecule has 0 atom stereocenters. The number of nitrogens with one attached hydrogen (secondary N) is 1. The van der Waals surface area contributed by atoms with Gasteiger partial charge in [-0.15, -0.1) is 0 Å². The highest BCUT2D eigenvalue weighted by molar-refractivity contribution is 6.32. The third-order valence-electron chi connectivity index (χ3n) is 2.37. The van der Waals surface area contributed by atoms with Gasteiger partial charge in [0.1, 0.15) is 10.8 Å². The number of nitro benzene ring substituents is 1. The van der Waals surface area contributed by atoms with Gasteiger partial charge in [0, 0.05) is 22.8 Å². The molecule has 1 heterocycles. The summed E-state index contributed by atoms with van der Waals surface area (Å²) in [6, 6.07) is 6.80. The minimum atomic E-state index is -0.656. The van der Waals surface area contributed by atoms with Crippen LogP contribution in [-0.4, -0.2) is 15.8 Å². The molecular weight excluding hydrogens is 305 g/mol. The van der Waals surface area contributed by atoms with Gasteiger partial charge in [0.25, 0.3) is 11.6 Å². The van der Waals surface area contributed by atoms with Gasteiger partial charge >= 0.3 is 0 Å². The fraction of sp³-hybridized carbons (Fsp3) is 0. The molecule has 1 amide bonds. The van der Waals surface area contributed by atoms with Crippen LogP contribution in [0.5, 0.6) is 0 Å². The molecule has 0 saturated heterocycles. The van der Waals surface area contributed by atoms with Crippen molar-refractivity contribution in [3.8, 4) is 0 Å². The summed E-state index contributed by atoms with van der Waals surface area (Å²) in [5.41, 5.74) is -0.235. The van der Waals surface area contributed by atoms with Crippen LogP contribution in [0.3, 0.4) is 0 Å². The van der Waals surface area contributed by atoms with E-state index in [4.69, 9.17) is 23.2 Å². The van der Waals surface area contributed by atoms with Crippen LogP contribution in [0.15, 0.2) is 36.5 Å². The van der Waals surface area contributed by atoms with E-state index < -0.39 is 10.8 Å². The molecule has 0 bridgehead atoms. The Morgan fingerprint density at radius 3 is 2.65 bits per heavy atom. The summed E-state index contributed by atoms with van der Waals surface area (Å²) in [6.07, 6.45) is 1.43. The smallest absolute Gasteiger partial charge is 0.288 e. The molecule has 0 aliphatic heterocycles. The van der Waals surface area contributed by atoms with Crippen LogP contribution >= 0.6 is 23.2 Å². The standard InChI is InChI=1S/C12H7Cl2N3O3/c13-8-3-4-15-11(6-8)16-12(18)7-1-2-9(14)10(5-7)17(19)20/h1-6H,(H,15,16,18). The number of hydrogen-bond donors (Lipinski definition) is 1. The zero-order valence-electron chi connectivity index (χ0n) is 9.84. The molecule has 0 aliphatic carbocycles. The number of hydrogen-bond acceptors (Lipinski definition) is 4. The SMILES string of the molecule is O=C(Nc1cc(Cl)ccn1)c1ccc(Cl)c([N+](=O)[O-])c1. The van der Waals surface area contributed by atoms with Gasteiger partial charge in [0.15, 0.2) is 0 Å². The van der Waals surface area contributed by atoms with E-state index in [1.807, 2.05) is 0 Å². The van der Waals surface area contributed by atoms with Gasteiger partial charge in [-0.05, 0) is 24.3 Å². The molecule has 0 fully saturated rings. The Morgan fingerprint density at radius 2 is 2.00 bits per heavy atom. The lowest BCUT2D eigenvalue weighted by atomic mass is 10.2. The number of anilines is 1. The molecule has 0 unspecified atom stereocenters. The lowest BCUT2D eigenvalue weighted by molar-refractivity contribution is -0.384. The van der Waals surface area contributed by atoms with Gasteiger partial charge in [-0.25, -0.2) is 4.98 Å².